The molecule has 0 radical (unpaired) electrons. The first-order valence-electron chi connectivity index (χ1n) is 4.68. The number of rotatable bonds is 3. The molecule has 1 fully saturated rings. The normalized spacial score (nSPS) is 20.0. The van der Waals surface area contributed by atoms with Gasteiger partial charge in [0.1, 0.15) is 0 Å². The third kappa shape index (κ3) is 1.55. The van der Waals surface area contributed by atoms with Crippen LogP contribution in [0.4, 0.5) is 0 Å². The summed E-state index contributed by atoms with van der Waals surface area (Å²) >= 11 is 0. The molecule has 1 heterocycles. The van der Waals surface area contributed by atoms with Crippen molar-refractivity contribution in [1.82, 2.24) is 0 Å². The van der Waals surface area contributed by atoms with Gasteiger partial charge in [-0.25, -0.2) is 0 Å². The van der Waals surface area contributed by atoms with Gasteiger partial charge in [-0.3, -0.25) is 0 Å². The maximum absolute atomic E-state index is 5.39. The summed E-state index contributed by atoms with van der Waals surface area (Å²) in [5.41, 5.74) is 1.16. The van der Waals surface area contributed by atoms with Gasteiger partial charge in [0.25, 0.3) is 0 Å². The highest BCUT2D eigenvalue weighted by molar-refractivity contribution is 5.43. The molecule has 1 atom stereocenters. The molecule has 14 heavy (non-hydrogen) atoms. The molecule has 1 saturated heterocycles. The lowest BCUT2D eigenvalue weighted by molar-refractivity contribution is -0.0528. The Bertz CT molecular complexity index is 318. The van der Waals surface area contributed by atoms with E-state index in [0.29, 0.717) is 0 Å². The summed E-state index contributed by atoms with van der Waals surface area (Å²) in [5.74, 6) is 1.52. The monoisotopic (exact) mass is 194 g/mol. The lowest BCUT2D eigenvalue weighted by atomic mass is 10.0. The van der Waals surface area contributed by atoms with Crippen LogP contribution in [0.2, 0.25) is 0 Å². The van der Waals surface area contributed by atoms with Gasteiger partial charge in [0.05, 0.1) is 26.9 Å². The number of ether oxygens (including phenoxy) is 3. The molecule has 1 aromatic rings. The molecule has 1 aliphatic rings. The van der Waals surface area contributed by atoms with Crippen LogP contribution in [0, 0.1) is 0 Å². The van der Waals surface area contributed by atoms with E-state index in [1.165, 1.54) is 0 Å². The molecule has 0 spiro atoms. The predicted molar refractivity (Wildman–Crippen MR) is 52.9 cm³/mol. The Morgan fingerprint density at radius 1 is 1.21 bits per heavy atom. The second kappa shape index (κ2) is 3.88. The molecule has 2 rings (SSSR count). The van der Waals surface area contributed by atoms with Crippen LogP contribution >= 0.6 is 0 Å². The van der Waals surface area contributed by atoms with Gasteiger partial charge in [0.2, 0.25) is 0 Å². The van der Waals surface area contributed by atoms with Gasteiger partial charge in [0, 0.05) is 6.42 Å². The predicted octanol–water partition coefficient (Wildman–Crippen LogP) is 2.17. The van der Waals surface area contributed by atoms with E-state index in [-0.39, 0.29) is 6.10 Å². The molecule has 1 aliphatic heterocycles. The number of methoxy groups -OCH3 is 2. The molecule has 3 nitrogen and oxygen atoms in total. The van der Waals surface area contributed by atoms with E-state index in [9.17, 15) is 0 Å². The Morgan fingerprint density at radius 2 is 1.93 bits per heavy atom. The van der Waals surface area contributed by atoms with Crippen LogP contribution in [0.1, 0.15) is 18.1 Å². The second-order valence-electron chi connectivity index (χ2n) is 3.26. The largest absolute Gasteiger partial charge is 0.493 e. The Morgan fingerprint density at radius 3 is 2.43 bits per heavy atom. The van der Waals surface area contributed by atoms with Crippen molar-refractivity contribution in [3.05, 3.63) is 23.8 Å². The lowest BCUT2D eigenvalue weighted by Gasteiger charge is -2.27. The van der Waals surface area contributed by atoms with Crippen LogP contribution in [0.5, 0.6) is 11.5 Å². The fourth-order valence-electron chi connectivity index (χ4n) is 1.55. The molecule has 0 aliphatic carbocycles. The van der Waals surface area contributed by atoms with Crippen LogP contribution < -0.4 is 9.47 Å². The van der Waals surface area contributed by atoms with E-state index in [2.05, 4.69) is 0 Å². The zero-order chi connectivity index (χ0) is 9.97. The van der Waals surface area contributed by atoms with E-state index in [1.54, 1.807) is 14.2 Å². The van der Waals surface area contributed by atoms with Crippen LogP contribution in [-0.4, -0.2) is 20.8 Å². The van der Waals surface area contributed by atoms with Crippen LogP contribution in [0.25, 0.3) is 0 Å². The summed E-state index contributed by atoms with van der Waals surface area (Å²) in [6.07, 6.45) is 1.34. The summed E-state index contributed by atoms with van der Waals surface area (Å²) in [7, 11) is 3.28. The summed E-state index contributed by atoms with van der Waals surface area (Å²) in [4.78, 5) is 0. The third-order valence-corrected chi connectivity index (χ3v) is 2.48. The van der Waals surface area contributed by atoms with E-state index in [1.807, 2.05) is 18.2 Å². The number of hydrogen-bond acceptors (Lipinski definition) is 3. The quantitative estimate of drug-likeness (QED) is 0.738. The van der Waals surface area contributed by atoms with Gasteiger partial charge in [-0.05, 0) is 17.7 Å². The van der Waals surface area contributed by atoms with Crippen molar-refractivity contribution in [1.29, 1.82) is 0 Å². The van der Waals surface area contributed by atoms with Crippen molar-refractivity contribution in [2.75, 3.05) is 20.8 Å². The van der Waals surface area contributed by atoms with Gasteiger partial charge < -0.3 is 14.2 Å². The molecular weight excluding hydrogens is 180 g/mol. The highest BCUT2D eigenvalue weighted by Crippen LogP contribution is 2.35. The molecule has 0 bridgehead atoms. The third-order valence-electron chi connectivity index (χ3n) is 2.48. The number of benzene rings is 1. The Hall–Kier alpha value is -1.22. The van der Waals surface area contributed by atoms with E-state index in [4.69, 9.17) is 14.2 Å². The molecule has 0 saturated carbocycles. The first kappa shape index (κ1) is 9.34. The van der Waals surface area contributed by atoms with Gasteiger partial charge >= 0.3 is 0 Å². The standard InChI is InChI=1S/C11H14O3/c1-12-10-4-3-8(7-11(10)13-2)9-5-6-14-9/h3-4,7,9H,5-6H2,1-2H3. The fourth-order valence-corrected chi connectivity index (χ4v) is 1.55. The molecular formula is C11H14O3. The SMILES string of the molecule is COc1ccc(C2CCO2)cc1OC. The van der Waals surface area contributed by atoms with Gasteiger partial charge in [-0.2, -0.15) is 0 Å². The minimum absolute atomic E-state index is 0.245. The zero-order valence-corrected chi connectivity index (χ0v) is 8.45. The average molecular weight is 194 g/mol. The Kier molecular flexibility index (Phi) is 2.59. The fraction of sp³-hybridized carbons (Fsp3) is 0.455. The number of hydrogen-bond donors (Lipinski definition) is 0. The van der Waals surface area contributed by atoms with Gasteiger partial charge in [-0.15, -0.1) is 0 Å². The molecule has 0 aromatic heterocycles. The second-order valence-corrected chi connectivity index (χ2v) is 3.26. The highest BCUT2D eigenvalue weighted by atomic mass is 16.5. The van der Waals surface area contributed by atoms with Gasteiger partial charge in [0.15, 0.2) is 11.5 Å². The zero-order valence-electron chi connectivity index (χ0n) is 8.45. The minimum atomic E-state index is 0.245. The molecule has 1 unspecified atom stereocenters. The Labute approximate surface area is 83.6 Å². The molecule has 0 N–H and O–H groups in total. The minimum Gasteiger partial charge on any atom is -0.493 e. The van der Waals surface area contributed by atoms with Crippen molar-refractivity contribution in [3.63, 3.8) is 0 Å². The topological polar surface area (TPSA) is 27.7 Å². The smallest absolute Gasteiger partial charge is 0.161 e. The summed E-state index contributed by atoms with van der Waals surface area (Å²) in [6, 6.07) is 5.91. The first-order valence-corrected chi connectivity index (χ1v) is 4.68. The van der Waals surface area contributed by atoms with E-state index in [0.717, 1.165) is 30.1 Å². The molecule has 76 valence electrons. The summed E-state index contributed by atoms with van der Waals surface area (Å²) < 4.78 is 15.8. The summed E-state index contributed by atoms with van der Waals surface area (Å²) in [5, 5.41) is 0. The molecule has 1 aromatic carbocycles. The van der Waals surface area contributed by atoms with Crippen LogP contribution in [0.3, 0.4) is 0 Å². The summed E-state index contributed by atoms with van der Waals surface area (Å²) in [6.45, 7) is 0.860. The van der Waals surface area contributed by atoms with Crippen molar-refractivity contribution in [2.24, 2.45) is 0 Å². The highest BCUT2D eigenvalue weighted by Gasteiger charge is 2.21. The first-order chi connectivity index (χ1) is 6.85. The van der Waals surface area contributed by atoms with Crippen molar-refractivity contribution < 1.29 is 14.2 Å². The van der Waals surface area contributed by atoms with Crippen molar-refractivity contribution >= 4 is 0 Å². The lowest BCUT2D eigenvalue weighted by Crippen LogP contribution is -2.18. The van der Waals surface area contributed by atoms with Crippen molar-refractivity contribution in [2.45, 2.75) is 12.5 Å². The Balaban J connectivity index is 2.26. The maximum atomic E-state index is 5.39. The molecule has 0 amide bonds. The van der Waals surface area contributed by atoms with Gasteiger partial charge in [-0.1, -0.05) is 6.07 Å². The van der Waals surface area contributed by atoms with E-state index >= 15 is 0 Å². The average Bonchev–Trinajstić information content (AvgIpc) is 2.15. The maximum Gasteiger partial charge on any atom is 0.161 e. The van der Waals surface area contributed by atoms with E-state index < -0.39 is 0 Å². The van der Waals surface area contributed by atoms with Crippen LogP contribution in [0.15, 0.2) is 18.2 Å². The van der Waals surface area contributed by atoms with Crippen LogP contribution in [-0.2, 0) is 4.74 Å². The van der Waals surface area contributed by atoms with Crippen molar-refractivity contribution in [3.8, 4) is 11.5 Å². The molecule has 3 heteroatoms.